The SMILES string of the molecule is CNC(=O)[C@@H]1[C@@H](Cc2ccnc(C)c2)C(=O)N1C(=O)N1CCC[C@@H](c2ccc(F)cc2)C1.CNC(=O)[C@@H]1[C@@H](Cc2ccnc(C)c2)C(=O)N1C(=O)N1CCC[C@H](c2ccc(F)cc2)C1. The third-order valence-electron chi connectivity index (χ3n) is 12.8. The summed E-state index contributed by atoms with van der Waals surface area (Å²) in [5, 5.41) is 5.18. The van der Waals surface area contributed by atoms with Crippen molar-refractivity contribution in [2.45, 2.75) is 76.3 Å². The van der Waals surface area contributed by atoms with Crippen molar-refractivity contribution in [3.63, 3.8) is 0 Å². The van der Waals surface area contributed by atoms with Gasteiger partial charge in [-0.3, -0.25) is 38.9 Å². The van der Waals surface area contributed by atoms with Crippen molar-refractivity contribution in [2.75, 3.05) is 40.3 Å². The van der Waals surface area contributed by atoms with Gasteiger partial charge in [0.1, 0.15) is 23.7 Å². The van der Waals surface area contributed by atoms with Crippen LogP contribution in [0.4, 0.5) is 18.4 Å². The first-order valence-electron chi connectivity index (χ1n) is 21.8. The van der Waals surface area contributed by atoms with E-state index >= 15 is 0 Å². The highest BCUT2D eigenvalue weighted by Gasteiger charge is 2.56. The quantitative estimate of drug-likeness (QED) is 0.226. The maximum atomic E-state index is 13.3. The average molecular weight is 877 g/mol. The molecule has 2 aromatic heterocycles. The number of piperidine rings is 2. The number of likely N-dealkylation sites (tertiary alicyclic amines) is 4. The molecule has 0 radical (unpaired) electrons. The Hall–Kier alpha value is -6.58. The van der Waals surface area contributed by atoms with Crippen molar-refractivity contribution < 1.29 is 37.5 Å². The fraction of sp³-hybridized carbons (Fsp3) is 0.417. The summed E-state index contributed by atoms with van der Waals surface area (Å²) in [6.07, 6.45) is 7.42. The number of halogens is 2. The number of imide groups is 2. The Morgan fingerprint density at radius 2 is 0.984 bits per heavy atom. The van der Waals surface area contributed by atoms with Crippen LogP contribution in [0.1, 0.15) is 71.2 Å². The maximum Gasteiger partial charge on any atom is 0.327 e. The molecular formula is C48H54F2N8O6. The molecule has 4 fully saturated rings. The molecule has 14 nitrogen and oxygen atoms in total. The van der Waals surface area contributed by atoms with Crippen molar-refractivity contribution in [1.29, 1.82) is 0 Å². The monoisotopic (exact) mass is 876 g/mol. The van der Waals surface area contributed by atoms with E-state index in [4.69, 9.17) is 0 Å². The van der Waals surface area contributed by atoms with Gasteiger partial charge in [-0.1, -0.05) is 24.3 Å². The number of carbonyl (C=O) groups excluding carboxylic acids is 6. The Morgan fingerprint density at radius 3 is 1.33 bits per heavy atom. The zero-order chi connectivity index (χ0) is 45.7. The number of hydrogen-bond donors (Lipinski definition) is 2. The van der Waals surface area contributed by atoms with Crippen LogP contribution in [0.2, 0.25) is 0 Å². The number of nitrogens with zero attached hydrogens (tertiary/aromatic N) is 6. The summed E-state index contributed by atoms with van der Waals surface area (Å²) in [4.78, 5) is 91.6. The average Bonchev–Trinajstić information content (AvgIpc) is 3.30. The fourth-order valence-corrected chi connectivity index (χ4v) is 9.41. The molecule has 0 aliphatic carbocycles. The van der Waals surface area contributed by atoms with E-state index in [2.05, 4.69) is 20.6 Å². The lowest BCUT2D eigenvalue weighted by Gasteiger charge is -2.47. The molecule has 0 saturated carbocycles. The molecule has 8 rings (SSSR count). The van der Waals surface area contributed by atoms with E-state index in [0.29, 0.717) is 39.0 Å². The maximum absolute atomic E-state index is 13.3. The number of rotatable bonds is 8. The molecule has 336 valence electrons. The molecule has 2 aromatic carbocycles. The van der Waals surface area contributed by atoms with Crippen LogP contribution in [0.15, 0.2) is 85.2 Å². The first kappa shape index (κ1) is 45.4. The van der Waals surface area contributed by atoms with Gasteiger partial charge in [-0.05, 0) is 123 Å². The number of benzene rings is 2. The van der Waals surface area contributed by atoms with Crippen LogP contribution in [0.3, 0.4) is 0 Å². The highest BCUT2D eigenvalue weighted by Crippen LogP contribution is 2.36. The molecule has 4 aromatic rings. The number of hydrogen-bond acceptors (Lipinski definition) is 8. The fourth-order valence-electron chi connectivity index (χ4n) is 9.41. The van der Waals surface area contributed by atoms with Gasteiger partial charge >= 0.3 is 12.1 Å². The summed E-state index contributed by atoms with van der Waals surface area (Å²) in [5.74, 6) is -2.99. The van der Waals surface area contributed by atoms with Gasteiger partial charge < -0.3 is 20.4 Å². The minimum absolute atomic E-state index is 0.0683. The summed E-state index contributed by atoms with van der Waals surface area (Å²) < 4.78 is 26.6. The normalized spacial score (nSPS) is 23.0. The van der Waals surface area contributed by atoms with Crippen LogP contribution in [-0.4, -0.2) is 118 Å². The lowest BCUT2D eigenvalue weighted by Crippen LogP contribution is -2.70. The highest BCUT2D eigenvalue weighted by molar-refractivity contribution is 6.10. The van der Waals surface area contributed by atoms with Crippen LogP contribution < -0.4 is 10.6 Å². The highest BCUT2D eigenvalue weighted by atomic mass is 19.1. The van der Waals surface area contributed by atoms with Crippen molar-refractivity contribution in [1.82, 2.24) is 40.2 Å². The largest absolute Gasteiger partial charge is 0.357 e. The van der Waals surface area contributed by atoms with Crippen LogP contribution in [0.5, 0.6) is 0 Å². The smallest absolute Gasteiger partial charge is 0.327 e. The second-order valence-corrected chi connectivity index (χ2v) is 17.0. The summed E-state index contributed by atoms with van der Waals surface area (Å²) >= 11 is 0. The molecule has 16 heteroatoms. The van der Waals surface area contributed by atoms with E-state index in [-0.39, 0.29) is 47.1 Å². The second-order valence-electron chi connectivity index (χ2n) is 17.0. The van der Waals surface area contributed by atoms with Crippen molar-refractivity contribution in [2.24, 2.45) is 11.8 Å². The van der Waals surface area contributed by atoms with Gasteiger partial charge in [0.15, 0.2) is 0 Å². The summed E-state index contributed by atoms with van der Waals surface area (Å²) in [5.41, 5.74) is 5.41. The number of β-lactam (4-membered cyclic amide) rings is 2. The van der Waals surface area contributed by atoms with Gasteiger partial charge in [-0.2, -0.15) is 0 Å². The molecule has 4 aliphatic heterocycles. The zero-order valence-electron chi connectivity index (χ0n) is 36.5. The van der Waals surface area contributed by atoms with Crippen molar-refractivity contribution >= 4 is 35.7 Å². The molecule has 0 unspecified atom stereocenters. The Labute approximate surface area is 371 Å². The molecule has 0 spiro atoms. The molecule has 8 amide bonds. The van der Waals surface area contributed by atoms with Crippen LogP contribution in [0, 0.1) is 37.3 Å². The first-order valence-corrected chi connectivity index (χ1v) is 21.8. The number of amides is 8. The Morgan fingerprint density at radius 1 is 0.609 bits per heavy atom. The number of pyridine rings is 2. The predicted molar refractivity (Wildman–Crippen MR) is 232 cm³/mol. The lowest BCUT2D eigenvalue weighted by molar-refractivity contribution is -0.158. The van der Waals surface area contributed by atoms with Gasteiger partial charge in [-0.25, -0.2) is 18.4 Å². The van der Waals surface area contributed by atoms with E-state index in [1.54, 1.807) is 46.5 Å². The molecule has 0 bridgehead atoms. The minimum atomic E-state index is -0.834. The van der Waals surface area contributed by atoms with Crippen molar-refractivity contribution in [3.8, 4) is 0 Å². The zero-order valence-corrected chi connectivity index (χ0v) is 36.5. The number of aryl methyl sites for hydroxylation is 2. The lowest BCUT2D eigenvalue weighted by atomic mass is 9.81. The van der Waals surface area contributed by atoms with Gasteiger partial charge in [0, 0.05) is 75.9 Å². The Bertz CT molecular complexity index is 2220. The van der Waals surface area contributed by atoms with Crippen LogP contribution in [0.25, 0.3) is 0 Å². The van der Waals surface area contributed by atoms with Gasteiger partial charge in [0.2, 0.25) is 23.6 Å². The van der Waals surface area contributed by atoms with E-state index in [0.717, 1.165) is 69.1 Å². The summed E-state index contributed by atoms with van der Waals surface area (Å²) in [6, 6.07) is 17.5. The third-order valence-corrected chi connectivity index (χ3v) is 12.8. The third kappa shape index (κ3) is 9.80. The minimum Gasteiger partial charge on any atom is -0.357 e. The molecule has 4 aliphatic rings. The topological polar surface area (TPSA) is 165 Å². The van der Waals surface area contributed by atoms with Gasteiger partial charge in [0.05, 0.1) is 11.8 Å². The second kappa shape index (κ2) is 19.9. The number of likely N-dealkylation sites (N-methyl/N-ethyl adjacent to an activating group) is 2. The van der Waals surface area contributed by atoms with E-state index < -0.39 is 36.0 Å². The number of nitrogens with one attached hydrogen (secondary N) is 2. The van der Waals surface area contributed by atoms with E-state index in [1.807, 2.05) is 38.1 Å². The predicted octanol–water partition coefficient (Wildman–Crippen LogP) is 5.29. The van der Waals surface area contributed by atoms with Gasteiger partial charge in [0.25, 0.3) is 0 Å². The molecule has 4 saturated heterocycles. The number of carbonyl (C=O) groups is 6. The molecule has 2 N–H and O–H groups in total. The molecule has 64 heavy (non-hydrogen) atoms. The van der Waals surface area contributed by atoms with Gasteiger partial charge in [-0.15, -0.1) is 0 Å². The number of aromatic nitrogens is 2. The van der Waals surface area contributed by atoms with Crippen LogP contribution in [-0.2, 0) is 32.0 Å². The Balaban J connectivity index is 0.000000191. The molecule has 6 heterocycles. The van der Waals surface area contributed by atoms with Crippen LogP contribution >= 0.6 is 0 Å². The number of urea groups is 2. The van der Waals surface area contributed by atoms with E-state index in [1.165, 1.54) is 38.4 Å². The first-order chi connectivity index (χ1) is 30.8. The van der Waals surface area contributed by atoms with Crippen molar-refractivity contribution in [3.05, 3.63) is 130 Å². The molecular weight excluding hydrogens is 823 g/mol. The van der Waals surface area contributed by atoms with E-state index in [9.17, 15) is 37.5 Å². The summed E-state index contributed by atoms with van der Waals surface area (Å²) in [7, 11) is 3.01. The molecule has 6 atom stereocenters. The Kier molecular flexibility index (Phi) is 14.1. The summed E-state index contributed by atoms with van der Waals surface area (Å²) in [6.45, 7) is 5.65. The standard InChI is InChI=1S/2C24H27FN4O3/c2*1-15-12-16(9-10-27-15)13-20-21(22(30)26-2)29(23(20)31)24(32)28-11-3-4-18(14-28)17-5-7-19(25)8-6-17/h2*5-10,12,18,20-21H,3-4,11,13-14H2,1-2H3,(H,26,30)/t18-,20+,21-;18-,20-,21+/m01/s1.